The fourth-order valence-corrected chi connectivity index (χ4v) is 6.45. The Hall–Kier alpha value is -4.34. The number of halogens is 1. The van der Waals surface area contributed by atoms with E-state index in [1.54, 1.807) is 66.7 Å². The van der Waals surface area contributed by atoms with Crippen LogP contribution in [0.5, 0.6) is 5.75 Å². The topological polar surface area (TPSA) is 96.0 Å². The third kappa shape index (κ3) is 8.86. The Balaban J connectivity index is 1.83. The van der Waals surface area contributed by atoms with E-state index in [4.69, 9.17) is 16.3 Å². The Labute approximate surface area is 270 Å². The van der Waals surface area contributed by atoms with E-state index >= 15 is 0 Å². The highest BCUT2D eigenvalue weighted by molar-refractivity contribution is 7.92. The van der Waals surface area contributed by atoms with Crippen molar-refractivity contribution in [2.45, 2.75) is 50.2 Å². The van der Waals surface area contributed by atoms with Gasteiger partial charge in [0.05, 0.1) is 17.7 Å². The molecule has 0 aromatic heterocycles. The number of carbonyl (C=O) groups excluding carboxylic acids is 2. The molecule has 0 aliphatic heterocycles. The summed E-state index contributed by atoms with van der Waals surface area (Å²) in [5, 5.41) is 3.44. The van der Waals surface area contributed by atoms with Crippen LogP contribution in [0.4, 0.5) is 5.69 Å². The number of carbonyl (C=O) groups is 2. The molecule has 10 heteroatoms. The van der Waals surface area contributed by atoms with Crippen LogP contribution in [-0.4, -0.2) is 50.4 Å². The van der Waals surface area contributed by atoms with E-state index in [9.17, 15) is 18.0 Å². The molecule has 0 unspecified atom stereocenters. The van der Waals surface area contributed by atoms with Crippen LogP contribution < -0.4 is 14.4 Å². The minimum Gasteiger partial charge on any atom is -0.497 e. The monoisotopic (exact) mass is 647 g/mol. The molecule has 0 fully saturated rings. The molecule has 1 N–H and O–H groups in total. The lowest BCUT2D eigenvalue weighted by molar-refractivity contribution is -0.140. The minimum absolute atomic E-state index is 0.0181. The van der Waals surface area contributed by atoms with Crippen LogP contribution in [0.3, 0.4) is 0 Å². The summed E-state index contributed by atoms with van der Waals surface area (Å²) < 4.78 is 34.6. The van der Waals surface area contributed by atoms with E-state index in [-0.39, 0.29) is 29.5 Å². The first-order chi connectivity index (χ1) is 21.4. The number of methoxy groups -OCH3 is 1. The first kappa shape index (κ1) is 33.6. The van der Waals surface area contributed by atoms with Gasteiger partial charge in [0.1, 0.15) is 18.3 Å². The van der Waals surface area contributed by atoms with Crippen molar-refractivity contribution in [3.05, 3.63) is 125 Å². The molecule has 8 nitrogen and oxygen atoms in total. The van der Waals surface area contributed by atoms with Crippen LogP contribution in [0.2, 0.25) is 5.02 Å². The lowest BCUT2D eigenvalue weighted by atomic mass is 10.0. The van der Waals surface area contributed by atoms with E-state index in [2.05, 4.69) is 5.32 Å². The number of hydrogen-bond donors (Lipinski definition) is 1. The van der Waals surface area contributed by atoms with Crippen molar-refractivity contribution in [3.8, 4) is 5.75 Å². The van der Waals surface area contributed by atoms with Gasteiger partial charge in [-0.05, 0) is 62.2 Å². The smallest absolute Gasteiger partial charge is 0.264 e. The summed E-state index contributed by atoms with van der Waals surface area (Å²) in [6.45, 7) is 4.98. The third-order valence-corrected chi connectivity index (χ3v) is 9.18. The SMILES string of the molecule is COc1cccc(N(CC(=O)N(Cc2ccccc2Cl)[C@@H](Cc2ccccc2)C(=O)NC(C)(C)C)S(=O)(=O)c2ccccc2)c1. The Morgan fingerprint density at radius 3 is 2.11 bits per heavy atom. The predicted octanol–water partition coefficient (Wildman–Crippen LogP) is 6.10. The Morgan fingerprint density at radius 2 is 1.49 bits per heavy atom. The van der Waals surface area contributed by atoms with Gasteiger partial charge in [-0.15, -0.1) is 0 Å². The molecular weight excluding hydrogens is 610 g/mol. The predicted molar refractivity (Wildman–Crippen MR) is 178 cm³/mol. The molecular formula is C35H38ClN3O5S. The van der Waals surface area contributed by atoms with Crippen LogP contribution in [-0.2, 0) is 32.6 Å². The van der Waals surface area contributed by atoms with Crippen LogP contribution in [0.25, 0.3) is 0 Å². The van der Waals surface area contributed by atoms with E-state index in [0.29, 0.717) is 16.3 Å². The van der Waals surface area contributed by atoms with Crippen molar-refractivity contribution in [1.82, 2.24) is 10.2 Å². The van der Waals surface area contributed by atoms with E-state index < -0.39 is 34.1 Å². The normalized spacial score (nSPS) is 12.2. The summed E-state index contributed by atoms with van der Waals surface area (Å²) >= 11 is 6.55. The van der Waals surface area contributed by atoms with Gasteiger partial charge in [0.2, 0.25) is 11.8 Å². The molecule has 4 aromatic rings. The molecule has 236 valence electrons. The zero-order valence-corrected chi connectivity index (χ0v) is 27.4. The number of ether oxygens (including phenoxy) is 1. The number of rotatable bonds is 12. The Kier molecular flexibility index (Phi) is 10.9. The number of sulfonamides is 1. The molecule has 0 spiro atoms. The van der Waals surface area contributed by atoms with Crippen molar-refractivity contribution in [1.29, 1.82) is 0 Å². The van der Waals surface area contributed by atoms with Crippen LogP contribution >= 0.6 is 11.6 Å². The summed E-state index contributed by atoms with van der Waals surface area (Å²) in [6.07, 6.45) is 0.198. The standard InChI is InChI=1S/C35H38ClN3O5S/c1-35(2,3)37-34(41)32(22-26-14-7-5-8-15-26)38(24-27-16-11-12-21-31(27)36)33(40)25-39(28-17-13-18-29(23-28)44-4)45(42,43)30-19-9-6-10-20-30/h5-21,23,32H,22,24-25H2,1-4H3,(H,37,41)/t32-/m0/s1. The van der Waals surface area contributed by atoms with Gasteiger partial charge in [0.25, 0.3) is 10.0 Å². The summed E-state index contributed by atoms with van der Waals surface area (Å²) in [5.74, 6) is -0.527. The third-order valence-electron chi connectivity index (χ3n) is 7.02. The zero-order chi connectivity index (χ0) is 32.6. The largest absolute Gasteiger partial charge is 0.497 e. The van der Waals surface area contributed by atoms with Gasteiger partial charge in [-0.2, -0.15) is 0 Å². The summed E-state index contributed by atoms with van der Waals surface area (Å²) in [4.78, 5) is 29.9. The number of nitrogens with zero attached hydrogens (tertiary/aromatic N) is 2. The molecule has 0 saturated carbocycles. The molecule has 45 heavy (non-hydrogen) atoms. The molecule has 4 aromatic carbocycles. The maximum atomic E-state index is 14.5. The van der Waals surface area contributed by atoms with Gasteiger partial charge in [-0.3, -0.25) is 13.9 Å². The van der Waals surface area contributed by atoms with Crippen molar-refractivity contribution in [2.24, 2.45) is 0 Å². The molecule has 1 atom stereocenters. The number of nitrogens with one attached hydrogen (secondary N) is 1. The van der Waals surface area contributed by atoms with Crippen LogP contribution in [0.15, 0.2) is 114 Å². The summed E-state index contributed by atoms with van der Waals surface area (Å²) in [6, 6.07) is 29.9. The average molecular weight is 648 g/mol. The molecule has 0 bridgehead atoms. The van der Waals surface area contributed by atoms with Crippen molar-refractivity contribution < 1.29 is 22.7 Å². The fourth-order valence-electron chi connectivity index (χ4n) is 4.83. The Morgan fingerprint density at radius 1 is 0.867 bits per heavy atom. The molecule has 0 aliphatic carbocycles. The summed E-state index contributed by atoms with van der Waals surface area (Å²) in [7, 11) is -2.74. The summed E-state index contributed by atoms with van der Waals surface area (Å²) in [5.41, 5.74) is 1.11. The molecule has 4 rings (SSSR count). The highest BCUT2D eigenvalue weighted by atomic mass is 35.5. The fraction of sp³-hybridized carbons (Fsp3) is 0.257. The van der Waals surface area contributed by atoms with Gasteiger partial charge in [0, 0.05) is 29.6 Å². The molecule has 0 radical (unpaired) electrons. The van der Waals surface area contributed by atoms with E-state index in [1.165, 1.54) is 24.1 Å². The Bertz CT molecular complexity index is 1710. The minimum atomic E-state index is -4.22. The highest BCUT2D eigenvalue weighted by Gasteiger charge is 2.36. The van der Waals surface area contributed by atoms with Gasteiger partial charge >= 0.3 is 0 Å². The van der Waals surface area contributed by atoms with Crippen LogP contribution in [0.1, 0.15) is 31.9 Å². The van der Waals surface area contributed by atoms with Crippen LogP contribution in [0, 0.1) is 0 Å². The van der Waals surface area contributed by atoms with Gasteiger partial charge in [0.15, 0.2) is 0 Å². The first-order valence-electron chi connectivity index (χ1n) is 14.5. The molecule has 0 heterocycles. The number of anilines is 1. The lowest BCUT2D eigenvalue weighted by Gasteiger charge is -2.35. The quantitative estimate of drug-likeness (QED) is 0.201. The van der Waals surface area contributed by atoms with E-state index in [0.717, 1.165) is 9.87 Å². The highest BCUT2D eigenvalue weighted by Crippen LogP contribution is 2.28. The second-order valence-corrected chi connectivity index (χ2v) is 13.9. The molecule has 2 amide bonds. The lowest BCUT2D eigenvalue weighted by Crippen LogP contribution is -2.56. The zero-order valence-electron chi connectivity index (χ0n) is 25.8. The second kappa shape index (κ2) is 14.6. The van der Waals surface area contributed by atoms with Gasteiger partial charge in [-0.1, -0.05) is 84.4 Å². The molecule has 0 aliphatic rings. The molecule has 0 saturated heterocycles. The van der Waals surface area contributed by atoms with E-state index in [1.807, 2.05) is 51.1 Å². The van der Waals surface area contributed by atoms with Crippen molar-refractivity contribution in [3.63, 3.8) is 0 Å². The number of amides is 2. The second-order valence-electron chi connectivity index (χ2n) is 11.6. The number of benzene rings is 4. The first-order valence-corrected chi connectivity index (χ1v) is 16.3. The van der Waals surface area contributed by atoms with Gasteiger partial charge in [-0.25, -0.2) is 8.42 Å². The maximum absolute atomic E-state index is 14.5. The number of hydrogen-bond acceptors (Lipinski definition) is 5. The van der Waals surface area contributed by atoms with Crippen molar-refractivity contribution in [2.75, 3.05) is 18.0 Å². The van der Waals surface area contributed by atoms with Crippen molar-refractivity contribution >= 4 is 39.1 Å². The maximum Gasteiger partial charge on any atom is 0.264 e. The average Bonchev–Trinajstić information content (AvgIpc) is 3.02. The van der Waals surface area contributed by atoms with Gasteiger partial charge < -0.3 is 15.0 Å².